The van der Waals surface area contributed by atoms with Gasteiger partial charge >= 0.3 is 18.0 Å². The molecule has 3 amide bonds. The third-order valence-corrected chi connectivity index (χ3v) is 3.64. The van der Waals surface area contributed by atoms with Crippen LogP contribution < -0.4 is 17.2 Å². The number of primary amides is 3. The Kier molecular flexibility index (Phi) is 4.69. The van der Waals surface area contributed by atoms with Gasteiger partial charge in [0.05, 0.1) is 0 Å². The lowest BCUT2D eigenvalue weighted by atomic mass is 9.64. The van der Waals surface area contributed by atoms with Gasteiger partial charge in [-0.05, 0) is 12.5 Å². The average molecular weight is 377 g/mol. The van der Waals surface area contributed by atoms with Crippen LogP contribution in [0.1, 0.15) is 6.42 Å². The molecular formula is C12H10F7N3O3. The minimum atomic E-state index is -6.68. The molecule has 25 heavy (non-hydrogen) atoms. The van der Waals surface area contributed by atoms with Crippen molar-refractivity contribution >= 4 is 17.7 Å². The van der Waals surface area contributed by atoms with Gasteiger partial charge in [0.25, 0.3) is 0 Å². The first-order chi connectivity index (χ1) is 11.0. The van der Waals surface area contributed by atoms with Crippen LogP contribution in [0.2, 0.25) is 0 Å². The molecule has 1 unspecified atom stereocenters. The SMILES string of the molecule is NC(=O)C1=CC(C(N)=O)(C(F)(C(F)(F)F)C(F)(F)F)CC(C(N)=O)=C1. The van der Waals surface area contributed by atoms with Crippen LogP contribution in [0.4, 0.5) is 30.7 Å². The van der Waals surface area contributed by atoms with Crippen molar-refractivity contribution in [1.82, 2.24) is 0 Å². The van der Waals surface area contributed by atoms with E-state index >= 15 is 0 Å². The Morgan fingerprint density at radius 3 is 1.60 bits per heavy atom. The van der Waals surface area contributed by atoms with Crippen LogP contribution >= 0.6 is 0 Å². The Bertz CT molecular complexity index is 679. The molecule has 0 aromatic heterocycles. The molecule has 140 valence electrons. The molecule has 0 aliphatic heterocycles. The molecule has 1 rings (SSSR count). The third-order valence-electron chi connectivity index (χ3n) is 3.64. The molecule has 0 fully saturated rings. The maximum absolute atomic E-state index is 14.5. The summed E-state index contributed by atoms with van der Waals surface area (Å²) >= 11 is 0. The maximum atomic E-state index is 14.5. The molecule has 0 saturated heterocycles. The monoisotopic (exact) mass is 377 g/mol. The summed E-state index contributed by atoms with van der Waals surface area (Å²) in [5.74, 6) is -5.64. The quantitative estimate of drug-likeness (QED) is 0.618. The largest absolute Gasteiger partial charge is 0.433 e. The number of rotatable bonds is 4. The molecule has 0 bridgehead atoms. The molecule has 6 nitrogen and oxygen atoms in total. The molecule has 1 atom stereocenters. The highest BCUT2D eigenvalue weighted by Crippen LogP contribution is 2.59. The molecule has 0 radical (unpaired) electrons. The van der Waals surface area contributed by atoms with Crippen molar-refractivity contribution in [3.05, 3.63) is 23.3 Å². The number of nitrogens with two attached hydrogens (primary N) is 3. The smallest absolute Gasteiger partial charge is 0.369 e. The Labute approximate surface area is 134 Å². The van der Waals surface area contributed by atoms with E-state index in [9.17, 15) is 45.1 Å². The first-order valence-corrected chi connectivity index (χ1v) is 6.16. The van der Waals surface area contributed by atoms with Crippen LogP contribution in [0, 0.1) is 5.41 Å². The van der Waals surface area contributed by atoms with Gasteiger partial charge in [0.15, 0.2) is 0 Å². The molecule has 0 aromatic carbocycles. The number of hydrogen-bond donors (Lipinski definition) is 3. The van der Waals surface area contributed by atoms with Crippen LogP contribution in [-0.2, 0) is 14.4 Å². The number of carbonyl (C=O) groups is 3. The average Bonchev–Trinajstić information content (AvgIpc) is 2.42. The van der Waals surface area contributed by atoms with Crippen LogP contribution in [0.15, 0.2) is 23.3 Å². The molecule has 0 spiro atoms. The highest BCUT2D eigenvalue weighted by molar-refractivity contribution is 6.03. The minimum absolute atomic E-state index is 0.273. The summed E-state index contributed by atoms with van der Waals surface area (Å²) in [6.45, 7) is 0. The van der Waals surface area contributed by atoms with Gasteiger partial charge < -0.3 is 17.2 Å². The summed E-state index contributed by atoms with van der Waals surface area (Å²) < 4.78 is 92.9. The van der Waals surface area contributed by atoms with Crippen LogP contribution in [-0.4, -0.2) is 35.7 Å². The highest BCUT2D eigenvalue weighted by atomic mass is 19.4. The van der Waals surface area contributed by atoms with Gasteiger partial charge in [0.2, 0.25) is 17.7 Å². The molecular weight excluding hydrogens is 367 g/mol. The van der Waals surface area contributed by atoms with Crippen molar-refractivity contribution in [2.45, 2.75) is 24.4 Å². The summed E-state index contributed by atoms with van der Waals surface area (Å²) in [5.41, 5.74) is 1.57. The fourth-order valence-corrected chi connectivity index (χ4v) is 2.41. The zero-order valence-electron chi connectivity index (χ0n) is 12.0. The van der Waals surface area contributed by atoms with Crippen LogP contribution in [0.3, 0.4) is 0 Å². The van der Waals surface area contributed by atoms with E-state index in [2.05, 4.69) is 5.73 Å². The second-order valence-corrected chi connectivity index (χ2v) is 5.16. The van der Waals surface area contributed by atoms with E-state index in [1.807, 2.05) is 0 Å². The topological polar surface area (TPSA) is 129 Å². The van der Waals surface area contributed by atoms with Crippen molar-refractivity contribution in [3.63, 3.8) is 0 Å². The molecule has 0 aromatic rings. The second kappa shape index (κ2) is 5.74. The van der Waals surface area contributed by atoms with Gasteiger partial charge in [-0.15, -0.1) is 0 Å². The zero-order valence-corrected chi connectivity index (χ0v) is 12.0. The summed E-state index contributed by atoms with van der Waals surface area (Å²) in [4.78, 5) is 33.9. The van der Waals surface area contributed by atoms with E-state index in [0.717, 1.165) is 0 Å². The predicted molar refractivity (Wildman–Crippen MR) is 66.7 cm³/mol. The second-order valence-electron chi connectivity index (χ2n) is 5.16. The summed E-state index contributed by atoms with van der Waals surface area (Å²) in [6.07, 6.45) is -15.0. The van der Waals surface area contributed by atoms with Gasteiger partial charge in [0.1, 0.15) is 5.41 Å². The van der Waals surface area contributed by atoms with Crippen molar-refractivity contribution in [1.29, 1.82) is 0 Å². The standard InChI is InChI=1S/C12H10F7N3O3/c13-10(11(14,15)16,12(17,18)19)9(8(22)25)2-4(6(20)23)1-5(3-9)7(21)24/h1-2H,3H2,(H2,20,23)(H2,21,24)(H2,22,25). The van der Waals surface area contributed by atoms with Gasteiger partial charge in [0, 0.05) is 11.1 Å². The van der Waals surface area contributed by atoms with Crippen molar-refractivity contribution in [3.8, 4) is 0 Å². The third kappa shape index (κ3) is 2.93. The predicted octanol–water partition coefficient (Wildman–Crippen LogP) is 0.518. The molecule has 1 aliphatic carbocycles. The first kappa shape index (κ1) is 20.4. The van der Waals surface area contributed by atoms with E-state index in [1.165, 1.54) is 0 Å². The number of alkyl halides is 7. The van der Waals surface area contributed by atoms with Crippen molar-refractivity contribution in [2.24, 2.45) is 22.6 Å². The Morgan fingerprint density at radius 1 is 0.880 bits per heavy atom. The van der Waals surface area contributed by atoms with E-state index in [0.29, 0.717) is 6.08 Å². The molecule has 0 saturated carbocycles. The van der Waals surface area contributed by atoms with E-state index < -0.39 is 58.7 Å². The Balaban J connectivity index is 3.95. The van der Waals surface area contributed by atoms with Gasteiger partial charge in [-0.1, -0.05) is 6.08 Å². The number of amides is 3. The number of halogens is 7. The minimum Gasteiger partial charge on any atom is -0.369 e. The lowest BCUT2D eigenvalue weighted by Gasteiger charge is -2.44. The first-order valence-electron chi connectivity index (χ1n) is 6.16. The summed E-state index contributed by atoms with van der Waals surface area (Å²) in [7, 11) is 0. The van der Waals surface area contributed by atoms with Gasteiger partial charge in [-0.25, -0.2) is 4.39 Å². The lowest BCUT2D eigenvalue weighted by molar-refractivity contribution is -0.364. The normalized spacial score (nSPS) is 22.0. The lowest BCUT2D eigenvalue weighted by Crippen LogP contribution is -2.68. The Hall–Kier alpha value is -2.60. The van der Waals surface area contributed by atoms with Gasteiger partial charge in [-0.3, -0.25) is 14.4 Å². The summed E-state index contributed by atoms with van der Waals surface area (Å²) in [6, 6.07) is 0. The Morgan fingerprint density at radius 2 is 1.32 bits per heavy atom. The van der Waals surface area contributed by atoms with Crippen LogP contribution in [0.5, 0.6) is 0 Å². The molecule has 1 aliphatic rings. The van der Waals surface area contributed by atoms with E-state index in [-0.39, 0.29) is 6.08 Å². The van der Waals surface area contributed by atoms with Crippen molar-refractivity contribution in [2.75, 3.05) is 0 Å². The summed E-state index contributed by atoms with van der Waals surface area (Å²) in [5, 5.41) is 0. The zero-order chi connectivity index (χ0) is 20.0. The van der Waals surface area contributed by atoms with Crippen molar-refractivity contribution < 1.29 is 45.1 Å². The van der Waals surface area contributed by atoms with E-state index in [1.54, 1.807) is 0 Å². The fraction of sp³-hybridized carbons (Fsp3) is 0.417. The van der Waals surface area contributed by atoms with Crippen LogP contribution in [0.25, 0.3) is 0 Å². The molecule has 13 heteroatoms. The highest BCUT2D eigenvalue weighted by Gasteiger charge is 2.83. The number of hydrogen-bond acceptors (Lipinski definition) is 3. The molecule has 6 N–H and O–H groups in total. The molecule has 0 heterocycles. The van der Waals surface area contributed by atoms with Gasteiger partial charge in [-0.2, -0.15) is 26.3 Å². The van der Waals surface area contributed by atoms with E-state index in [4.69, 9.17) is 11.5 Å². The maximum Gasteiger partial charge on any atom is 0.433 e. The number of carbonyl (C=O) groups excluding carboxylic acids is 3. The fourth-order valence-electron chi connectivity index (χ4n) is 2.41.